The number of aromatic hydroxyl groups is 2. The largest absolute Gasteiger partial charge is 0.508 e. The van der Waals surface area contributed by atoms with Crippen molar-refractivity contribution < 1.29 is 10.2 Å². The van der Waals surface area contributed by atoms with Crippen LogP contribution in [0.3, 0.4) is 0 Å². The number of nitroso groups, excluding NO2 is 1. The van der Waals surface area contributed by atoms with Gasteiger partial charge in [-0.15, -0.1) is 0 Å². The molecule has 64 valence electrons. The van der Waals surface area contributed by atoms with Gasteiger partial charge in [-0.1, -0.05) is 5.18 Å². The summed E-state index contributed by atoms with van der Waals surface area (Å²) in [5.41, 5.74) is 0.802. The van der Waals surface area contributed by atoms with Crippen LogP contribution in [0.2, 0.25) is 0 Å². The molecule has 12 heavy (non-hydrogen) atoms. The maximum absolute atomic E-state index is 9.90. The molecule has 0 saturated heterocycles. The minimum atomic E-state index is -0.0764. The van der Waals surface area contributed by atoms with Gasteiger partial charge in [0.15, 0.2) is 0 Å². The summed E-state index contributed by atoms with van der Waals surface area (Å²) >= 11 is 0. The Kier molecular flexibility index (Phi) is 2.28. The maximum atomic E-state index is 9.90. The molecule has 1 aromatic carbocycles. The van der Waals surface area contributed by atoms with Crippen molar-refractivity contribution >= 4 is 0 Å². The van der Waals surface area contributed by atoms with Crippen LogP contribution in [0.15, 0.2) is 17.3 Å². The highest BCUT2D eigenvalue weighted by atomic mass is 16.3. The molecular formula is C8H9NO3. The number of hydrogen-bond donors (Lipinski definition) is 2. The van der Waals surface area contributed by atoms with Crippen LogP contribution in [0.4, 0.5) is 0 Å². The Morgan fingerprint density at radius 3 is 2.67 bits per heavy atom. The average molecular weight is 167 g/mol. The van der Waals surface area contributed by atoms with E-state index in [-0.39, 0.29) is 18.0 Å². The first-order valence-electron chi connectivity index (χ1n) is 3.46. The summed E-state index contributed by atoms with van der Waals surface area (Å²) in [5, 5.41) is 21.1. The van der Waals surface area contributed by atoms with Crippen LogP contribution in [-0.4, -0.2) is 10.2 Å². The average Bonchev–Trinajstić information content (AvgIpc) is 2.07. The summed E-state index contributed by atoms with van der Waals surface area (Å²) in [6, 6.07) is 2.90. The van der Waals surface area contributed by atoms with Crippen molar-refractivity contribution in [2.75, 3.05) is 0 Å². The number of benzene rings is 1. The highest BCUT2D eigenvalue weighted by Crippen LogP contribution is 2.29. The topological polar surface area (TPSA) is 69.9 Å². The van der Waals surface area contributed by atoms with E-state index in [0.717, 1.165) is 0 Å². The summed E-state index contributed by atoms with van der Waals surface area (Å²) in [5.74, 6) is -0.0447. The summed E-state index contributed by atoms with van der Waals surface area (Å²) in [4.78, 5) is 9.90. The van der Waals surface area contributed by atoms with Gasteiger partial charge in [0.25, 0.3) is 0 Å². The Bertz CT molecular complexity index is 309. The standard InChI is InChI=1S/C8H9NO3/c1-5-7(10)3-2-6(4-9-12)8(5)11/h2-3,10-11H,4H2,1H3. The lowest BCUT2D eigenvalue weighted by molar-refractivity contribution is 0.439. The molecule has 0 radical (unpaired) electrons. The molecule has 4 nitrogen and oxygen atoms in total. The van der Waals surface area contributed by atoms with Crippen molar-refractivity contribution in [3.63, 3.8) is 0 Å². The van der Waals surface area contributed by atoms with E-state index in [4.69, 9.17) is 5.11 Å². The van der Waals surface area contributed by atoms with Crippen molar-refractivity contribution in [3.8, 4) is 11.5 Å². The van der Waals surface area contributed by atoms with E-state index in [1.54, 1.807) is 6.92 Å². The molecule has 1 aromatic rings. The van der Waals surface area contributed by atoms with E-state index in [0.29, 0.717) is 11.1 Å². The van der Waals surface area contributed by atoms with Crippen LogP contribution in [0.5, 0.6) is 11.5 Å². The molecule has 0 atom stereocenters. The molecule has 0 bridgehead atoms. The van der Waals surface area contributed by atoms with Crippen LogP contribution < -0.4 is 0 Å². The summed E-state index contributed by atoms with van der Waals surface area (Å²) < 4.78 is 0. The Morgan fingerprint density at radius 1 is 1.42 bits per heavy atom. The third kappa shape index (κ3) is 1.37. The predicted octanol–water partition coefficient (Wildman–Crippen LogP) is 1.67. The molecular weight excluding hydrogens is 158 g/mol. The molecule has 0 aliphatic heterocycles. The van der Waals surface area contributed by atoms with Gasteiger partial charge in [0.1, 0.15) is 18.0 Å². The first-order chi connectivity index (χ1) is 5.66. The lowest BCUT2D eigenvalue weighted by Crippen LogP contribution is -1.85. The van der Waals surface area contributed by atoms with Gasteiger partial charge < -0.3 is 10.2 Å². The highest BCUT2D eigenvalue weighted by molar-refractivity contribution is 5.47. The molecule has 0 spiro atoms. The normalized spacial score (nSPS) is 9.75. The van der Waals surface area contributed by atoms with Crippen molar-refractivity contribution in [2.24, 2.45) is 5.18 Å². The molecule has 0 aliphatic carbocycles. The number of rotatable bonds is 2. The highest BCUT2D eigenvalue weighted by Gasteiger charge is 2.07. The molecule has 2 N–H and O–H groups in total. The zero-order chi connectivity index (χ0) is 9.14. The van der Waals surface area contributed by atoms with E-state index in [1.807, 2.05) is 0 Å². The fourth-order valence-corrected chi connectivity index (χ4v) is 0.943. The summed E-state index contributed by atoms with van der Waals surface area (Å²) in [6.45, 7) is 1.49. The van der Waals surface area contributed by atoms with Gasteiger partial charge in [-0.05, 0) is 19.1 Å². The van der Waals surface area contributed by atoms with E-state index in [9.17, 15) is 10.0 Å². The SMILES string of the molecule is Cc1c(O)ccc(CN=O)c1O. The van der Waals surface area contributed by atoms with Crippen LogP contribution in [0, 0.1) is 11.8 Å². The smallest absolute Gasteiger partial charge is 0.127 e. The Hall–Kier alpha value is -1.58. The van der Waals surface area contributed by atoms with Gasteiger partial charge in [0, 0.05) is 11.1 Å². The molecule has 0 aliphatic rings. The van der Waals surface area contributed by atoms with Crippen LogP contribution in [-0.2, 0) is 6.54 Å². The fourth-order valence-electron chi connectivity index (χ4n) is 0.943. The van der Waals surface area contributed by atoms with E-state index < -0.39 is 0 Å². The van der Waals surface area contributed by atoms with E-state index in [2.05, 4.69) is 5.18 Å². The Labute approximate surface area is 69.4 Å². The molecule has 1 rings (SSSR count). The number of phenolic OH excluding ortho intramolecular Hbond substituents is 2. The first-order valence-corrected chi connectivity index (χ1v) is 3.46. The van der Waals surface area contributed by atoms with Gasteiger partial charge >= 0.3 is 0 Å². The van der Waals surface area contributed by atoms with Crippen LogP contribution >= 0.6 is 0 Å². The second kappa shape index (κ2) is 3.21. The fraction of sp³-hybridized carbons (Fsp3) is 0.250. The molecule has 0 aromatic heterocycles. The van der Waals surface area contributed by atoms with Gasteiger partial charge in [-0.2, -0.15) is 4.91 Å². The quantitative estimate of drug-likeness (QED) is 0.658. The molecule has 0 heterocycles. The number of hydrogen-bond acceptors (Lipinski definition) is 4. The molecule has 0 saturated carbocycles. The maximum Gasteiger partial charge on any atom is 0.127 e. The summed E-state index contributed by atoms with van der Waals surface area (Å²) in [6.07, 6.45) is 0. The van der Waals surface area contributed by atoms with E-state index in [1.165, 1.54) is 12.1 Å². The van der Waals surface area contributed by atoms with Gasteiger partial charge in [0.05, 0.1) is 0 Å². The van der Waals surface area contributed by atoms with Crippen LogP contribution in [0.1, 0.15) is 11.1 Å². The van der Waals surface area contributed by atoms with Crippen molar-refractivity contribution in [3.05, 3.63) is 28.2 Å². The third-order valence-corrected chi connectivity index (χ3v) is 1.72. The number of nitrogens with zero attached hydrogens (tertiary/aromatic N) is 1. The van der Waals surface area contributed by atoms with Gasteiger partial charge in [-0.3, -0.25) is 0 Å². The zero-order valence-corrected chi connectivity index (χ0v) is 6.61. The lowest BCUT2D eigenvalue weighted by Gasteiger charge is -2.04. The minimum Gasteiger partial charge on any atom is -0.508 e. The number of phenols is 2. The molecule has 4 heteroatoms. The molecule has 0 fully saturated rings. The van der Waals surface area contributed by atoms with Crippen molar-refractivity contribution in [2.45, 2.75) is 13.5 Å². The van der Waals surface area contributed by atoms with Crippen LogP contribution in [0.25, 0.3) is 0 Å². The second-order valence-corrected chi connectivity index (χ2v) is 2.50. The van der Waals surface area contributed by atoms with Crippen molar-refractivity contribution in [1.29, 1.82) is 0 Å². The Balaban J connectivity index is 3.16. The van der Waals surface area contributed by atoms with Gasteiger partial charge in [0.2, 0.25) is 0 Å². The predicted molar refractivity (Wildman–Crippen MR) is 44.0 cm³/mol. The minimum absolute atomic E-state index is 0.0159. The second-order valence-electron chi connectivity index (χ2n) is 2.50. The molecule has 0 unspecified atom stereocenters. The van der Waals surface area contributed by atoms with Gasteiger partial charge in [-0.25, -0.2) is 0 Å². The lowest BCUT2D eigenvalue weighted by atomic mass is 10.1. The zero-order valence-electron chi connectivity index (χ0n) is 6.61. The first kappa shape index (κ1) is 8.52. The Morgan fingerprint density at radius 2 is 2.08 bits per heavy atom. The molecule has 0 amide bonds. The summed E-state index contributed by atoms with van der Waals surface area (Å²) in [7, 11) is 0. The van der Waals surface area contributed by atoms with E-state index >= 15 is 0 Å². The van der Waals surface area contributed by atoms with Crippen molar-refractivity contribution in [1.82, 2.24) is 0 Å². The third-order valence-electron chi connectivity index (χ3n) is 1.72. The monoisotopic (exact) mass is 167 g/mol.